The van der Waals surface area contributed by atoms with Crippen LogP contribution in [-0.2, 0) is 12.8 Å². The van der Waals surface area contributed by atoms with Gasteiger partial charge in [-0.1, -0.05) is 12.1 Å². The molecule has 0 aromatic heterocycles. The van der Waals surface area contributed by atoms with Crippen LogP contribution in [0, 0.1) is 0 Å². The number of carbonyl (C=O) groups excluding carboxylic acids is 1. The lowest BCUT2D eigenvalue weighted by Crippen LogP contribution is -2.26. The Morgan fingerprint density at radius 3 is 2.67 bits per heavy atom. The maximum absolute atomic E-state index is 12.6. The van der Waals surface area contributed by atoms with Crippen LogP contribution >= 0.6 is 0 Å². The van der Waals surface area contributed by atoms with Gasteiger partial charge in [-0.05, 0) is 73.6 Å². The second kappa shape index (κ2) is 6.19. The van der Waals surface area contributed by atoms with E-state index in [1.807, 2.05) is 31.2 Å². The smallest absolute Gasteiger partial charge is 0.251 e. The summed E-state index contributed by atoms with van der Waals surface area (Å²) in [5.74, 6) is 1.46. The fourth-order valence-corrected chi connectivity index (χ4v) is 3.42. The standard InChI is InChI=1S/C20H21NO3/c1-13(15-8-9-18-19(11-15)24-12-23-18)21-20(22)17-7-6-14-4-2-3-5-16(14)10-17/h6-11,13H,2-5,12H2,1H3,(H,21,22). The second-order valence-electron chi connectivity index (χ2n) is 6.50. The quantitative estimate of drug-likeness (QED) is 0.935. The van der Waals surface area contributed by atoms with Crippen LogP contribution in [0.4, 0.5) is 0 Å². The summed E-state index contributed by atoms with van der Waals surface area (Å²) < 4.78 is 10.7. The van der Waals surface area contributed by atoms with Gasteiger partial charge in [-0.2, -0.15) is 0 Å². The van der Waals surface area contributed by atoms with Crippen molar-refractivity contribution in [3.8, 4) is 11.5 Å². The molecule has 24 heavy (non-hydrogen) atoms. The Labute approximate surface area is 141 Å². The number of fused-ring (bicyclic) bond motifs is 2. The zero-order valence-corrected chi connectivity index (χ0v) is 13.8. The zero-order chi connectivity index (χ0) is 16.5. The second-order valence-corrected chi connectivity index (χ2v) is 6.50. The number of carbonyl (C=O) groups is 1. The average Bonchev–Trinajstić information content (AvgIpc) is 3.08. The van der Waals surface area contributed by atoms with Crippen LogP contribution < -0.4 is 14.8 Å². The molecular formula is C20H21NO3. The highest BCUT2D eigenvalue weighted by Gasteiger charge is 2.18. The predicted octanol–water partition coefficient (Wildman–Crippen LogP) is 3.79. The van der Waals surface area contributed by atoms with E-state index in [4.69, 9.17) is 9.47 Å². The molecule has 0 bridgehead atoms. The van der Waals surface area contributed by atoms with Crippen LogP contribution in [0.5, 0.6) is 11.5 Å². The summed E-state index contributed by atoms with van der Waals surface area (Å²) in [5, 5.41) is 3.08. The number of hydrogen-bond donors (Lipinski definition) is 1. The predicted molar refractivity (Wildman–Crippen MR) is 91.5 cm³/mol. The fourth-order valence-electron chi connectivity index (χ4n) is 3.42. The highest BCUT2D eigenvalue weighted by Crippen LogP contribution is 2.34. The monoisotopic (exact) mass is 323 g/mol. The molecule has 1 amide bonds. The average molecular weight is 323 g/mol. The minimum Gasteiger partial charge on any atom is -0.454 e. The Bertz CT molecular complexity index is 784. The molecule has 2 aliphatic rings. The van der Waals surface area contributed by atoms with E-state index >= 15 is 0 Å². The minimum absolute atomic E-state index is 0.0338. The molecule has 1 aliphatic carbocycles. The van der Waals surface area contributed by atoms with E-state index < -0.39 is 0 Å². The van der Waals surface area contributed by atoms with Crippen LogP contribution in [-0.4, -0.2) is 12.7 Å². The molecule has 0 radical (unpaired) electrons. The Balaban J connectivity index is 1.49. The Morgan fingerprint density at radius 2 is 1.79 bits per heavy atom. The van der Waals surface area contributed by atoms with Crippen molar-refractivity contribution < 1.29 is 14.3 Å². The van der Waals surface area contributed by atoms with Gasteiger partial charge in [-0.15, -0.1) is 0 Å². The molecule has 2 aromatic carbocycles. The summed E-state index contributed by atoms with van der Waals surface area (Å²) in [6.07, 6.45) is 4.67. The fraction of sp³-hybridized carbons (Fsp3) is 0.350. The van der Waals surface area contributed by atoms with Crippen LogP contribution in [0.15, 0.2) is 36.4 Å². The van der Waals surface area contributed by atoms with Gasteiger partial charge in [-0.25, -0.2) is 0 Å². The van der Waals surface area contributed by atoms with Gasteiger partial charge in [0.25, 0.3) is 5.91 Å². The highest BCUT2D eigenvalue weighted by molar-refractivity contribution is 5.94. The van der Waals surface area contributed by atoms with Crippen molar-refractivity contribution in [1.82, 2.24) is 5.32 Å². The van der Waals surface area contributed by atoms with Crippen molar-refractivity contribution in [3.05, 3.63) is 58.7 Å². The van der Waals surface area contributed by atoms with Crippen molar-refractivity contribution in [1.29, 1.82) is 0 Å². The number of benzene rings is 2. The van der Waals surface area contributed by atoms with Crippen LogP contribution in [0.25, 0.3) is 0 Å². The third-order valence-electron chi connectivity index (χ3n) is 4.85. The largest absolute Gasteiger partial charge is 0.454 e. The van der Waals surface area contributed by atoms with E-state index in [0.717, 1.165) is 35.5 Å². The number of aryl methyl sites for hydroxylation is 2. The molecule has 0 saturated heterocycles. The third kappa shape index (κ3) is 2.84. The molecule has 4 heteroatoms. The van der Waals surface area contributed by atoms with Crippen molar-refractivity contribution in [2.75, 3.05) is 6.79 Å². The lowest BCUT2D eigenvalue weighted by Gasteiger charge is -2.18. The molecule has 1 unspecified atom stereocenters. The SMILES string of the molecule is CC(NC(=O)c1ccc2c(c1)CCCC2)c1ccc2c(c1)OCO2. The van der Waals surface area contributed by atoms with E-state index in [-0.39, 0.29) is 18.7 Å². The van der Waals surface area contributed by atoms with Crippen LogP contribution in [0.1, 0.15) is 52.9 Å². The first-order chi connectivity index (χ1) is 11.7. The Hall–Kier alpha value is -2.49. The molecule has 4 rings (SSSR count). The van der Waals surface area contributed by atoms with Crippen molar-refractivity contribution in [2.24, 2.45) is 0 Å². The van der Waals surface area contributed by atoms with Crippen molar-refractivity contribution >= 4 is 5.91 Å². The van der Waals surface area contributed by atoms with Crippen molar-refractivity contribution in [3.63, 3.8) is 0 Å². The molecule has 1 atom stereocenters. The van der Waals surface area contributed by atoms with Crippen LogP contribution in [0.3, 0.4) is 0 Å². The molecular weight excluding hydrogens is 302 g/mol. The van der Waals surface area contributed by atoms with Gasteiger partial charge in [0.05, 0.1) is 6.04 Å². The zero-order valence-electron chi connectivity index (χ0n) is 13.8. The lowest BCUT2D eigenvalue weighted by atomic mass is 9.90. The number of ether oxygens (including phenoxy) is 2. The summed E-state index contributed by atoms with van der Waals surface area (Å²) in [5.41, 5.74) is 4.46. The number of amides is 1. The van der Waals surface area contributed by atoms with Gasteiger partial charge in [-0.3, -0.25) is 4.79 Å². The van der Waals surface area contributed by atoms with Gasteiger partial charge in [0, 0.05) is 5.56 Å². The topological polar surface area (TPSA) is 47.6 Å². The van der Waals surface area contributed by atoms with E-state index in [0.29, 0.717) is 0 Å². The number of nitrogens with one attached hydrogen (secondary N) is 1. The van der Waals surface area contributed by atoms with E-state index in [1.165, 1.54) is 24.0 Å². The molecule has 0 saturated carbocycles. The van der Waals surface area contributed by atoms with Gasteiger partial charge < -0.3 is 14.8 Å². The molecule has 1 N–H and O–H groups in total. The third-order valence-corrected chi connectivity index (χ3v) is 4.85. The molecule has 124 valence electrons. The van der Waals surface area contributed by atoms with Crippen molar-refractivity contribution in [2.45, 2.75) is 38.6 Å². The summed E-state index contributed by atoms with van der Waals surface area (Å²) >= 11 is 0. The normalized spacial score (nSPS) is 16.4. The molecule has 0 fully saturated rings. The molecule has 1 heterocycles. The summed E-state index contributed by atoms with van der Waals surface area (Å²) in [6, 6.07) is 11.8. The lowest BCUT2D eigenvalue weighted by molar-refractivity contribution is 0.0939. The van der Waals surface area contributed by atoms with Gasteiger partial charge in [0.2, 0.25) is 6.79 Å². The molecule has 0 spiro atoms. The Kier molecular flexibility index (Phi) is 3.89. The first-order valence-electron chi connectivity index (χ1n) is 8.53. The number of rotatable bonds is 3. The molecule has 2 aromatic rings. The Morgan fingerprint density at radius 1 is 1.00 bits per heavy atom. The molecule has 4 nitrogen and oxygen atoms in total. The van der Waals surface area contributed by atoms with E-state index in [1.54, 1.807) is 0 Å². The summed E-state index contributed by atoms with van der Waals surface area (Å²) in [6.45, 7) is 2.24. The van der Waals surface area contributed by atoms with Gasteiger partial charge in [0.1, 0.15) is 0 Å². The summed E-state index contributed by atoms with van der Waals surface area (Å²) in [7, 11) is 0. The van der Waals surface area contributed by atoms with E-state index in [9.17, 15) is 4.79 Å². The van der Waals surface area contributed by atoms with E-state index in [2.05, 4.69) is 17.4 Å². The van der Waals surface area contributed by atoms with Crippen LogP contribution in [0.2, 0.25) is 0 Å². The first kappa shape index (κ1) is 15.1. The highest BCUT2D eigenvalue weighted by atomic mass is 16.7. The summed E-state index contributed by atoms with van der Waals surface area (Å²) in [4.78, 5) is 12.6. The maximum atomic E-state index is 12.6. The first-order valence-corrected chi connectivity index (χ1v) is 8.53. The maximum Gasteiger partial charge on any atom is 0.251 e. The number of hydrogen-bond acceptors (Lipinski definition) is 3. The van der Waals surface area contributed by atoms with Gasteiger partial charge >= 0.3 is 0 Å². The molecule has 1 aliphatic heterocycles. The minimum atomic E-state index is -0.0944. The van der Waals surface area contributed by atoms with Gasteiger partial charge in [0.15, 0.2) is 11.5 Å².